The molecule has 0 aromatic carbocycles. The Balaban J connectivity index is 2.30. The fraction of sp³-hybridized carbons (Fsp3) is 0.889. The maximum absolute atomic E-state index is 11.5. The van der Waals surface area contributed by atoms with Gasteiger partial charge in [-0.25, -0.2) is 0 Å². The third-order valence-corrected chi connectivity index (χ3v) is 2.35. The molecular formula is C9H18N2O2. The Labute approximate surface area is 78.8 Å². The number of ether oxygens (including phenoxy) is 1. The molecule has 0 spiro atoms. The van der Waals surface area contributed by atoms with Crippen molar-refractivity contribution < 1.29 is 9.53 Å². The highest BCUT2D eigenvalue weighted by molar-refractivity contribution is 5.81. The molecule has 76 valence electrons. The topological polar surface area (TPSA) is 64.3 Å². The Kier molecular flexibility index (Phi) is 4.18. The molecular weight excluding hydrogens is 168 g/mol. The van der Waals surface area contributed by atoms with Crippen molar-refractivity contribution >= 4 is 5.91 Å². The van der Waals surface area contributed by atoms with Crippen molar-refractivity contribution in [3.05, 3.63) is 0 Å². The Hall–Kier alpha value is -0.610. The van der Waals surface area contributed by atoms with Crippen LogP contribution in [0.1, 0.15) is 26.2 Å². The summed E-state index contributed by atoms with van der Waals surface area (Å²) in [6.07, 6.45) is 2.46. The van der Waals surface area contributed by atoms with Gasteiger partial charge >= 0.3 is 0 Å². The number of carbonyl (C=O) groups is 1. The summed E-state index contributed by atoms with van der Waals surface area (Å²) in [6.45, 7) is 3.21. The van der Waals surface area contributed by atoms with Crippen LogP contribution in [0.2, 0.25) is 0 Å². The number of amides is 1. The van der Waals surface area contributed by atoms with Crippen LogP contribution in [0.15, 0.2) is 0 Å². The summed E-state index contributed by atoms with van der Waals surface area (Å²) in [4.78, 5) is 11.5. The van der Waals surface area contributed by atoms with Crippen molar-refractivity contribution in [1.82, 2.24) is 5.32 Å². The van der Waals surface area contributed by atoms with E-state index in [0.29, 0.717) is 13.2 Å². The third-order valence-electron chi connectivity index (χ3n) is 2.35. The molecule has 0 aromatic heterocycles. The van der Waals surface area contributed by atoms with Crippen LogP contribution >= 0.6 is 0 Å². The zero-order valence-corrected chi connectivity index (χ0v) is 8.08. The van der Waals surface area contributed by atoms with Crippen LogP contribution in [-0.2, 0) is 9.53 Å². The van der Waals surface area contributed by atoms with Gasteiger partial charge in [0.15, 0.2) is 0 Å². The summed E-state index contributed by atoms with van der Waals surface area (Å²) >= 11 is 0. The van der Waals surface area contributed by atoms with Crippen molar-refractivity contribution in [3.63, 3.8) is 0 Å². The van der Waals surface area contributed by atoms with Gasteiger partial charge in [0.2, 0.25) is 5.91 Å². The number of carbonyl (C=O) groups excluding carboxylic acids is 1. The minimum absolute atomic E-state index is 0.00481. The Bertz CT molecular complexity index is 163. The van der Waals surface area contributed by atoms with E-state index in [1.165, 1.54) is 0 Å². The summed E-state index contributed by atoms with van der Waals surface area (Å²) in [7, 11) is 0. The maximum Gasteiger partial charge on any atom is 0.249 e. The lowest BCUT2D eigenvalue weighted by molar-refractivity contribution is -0.130. The van der Waals surface area contributed by atoms with Gasteiger partial charge in [0.1, 0.15) is 6.10 Å². The minimum atomic E-state index is -0.236. The molecule has 3 N–H and O–H groups in total. The smallest absolute Gasteiger partial charge is 0.249 e. The molecule has 0 saturated carbocycles. The number of hydrogen-bond acceptors (Lipinski definition) is 3. The highest BCUT2D eigenvalue weighted by Gasteiger charge is 2.24. The molecule has 2 atom stereocenters. The lowest BCUT2D eigenvalue weighted by Gasteiger charge is -2.17. The Morgan fingerprint density at radius 3 is 3.00 bits per heavy atom. The number of rotatable bonds is 4. The molecule has 2 unspecified atom stereocenters. The van der Waals surface area contributed by atoms with Gasteiger partial charge in [0.25, 0.3) is 0 Å². The first-order chi connectivity index (χ1) is 6.27. The summed E-state index contributed by atoms with van der Waals surface area (Å²) < 4.78 is 5.25. The van der Waals surface area contributed by atoms with Crippen LogP contribution in [0.5, 0.6) is 0 Å². The van der Waals surface area contributed by atoms with Crippen LogP contribution in [-0.4, -0.2) is 31.2 Å². The first kappa shape index (κ1) is 10.5. The molecule has 1 aliphatic heterocycles. The van der Waals surface area contributed by atoms with Crippen molar-refractivity contribution in [3.8, 4) is 0 Å². The summed E-state index contributed by atoms with van der Waals surface area (Å²) in [5.41, 5.74) is 5.47. The van der Waals surface area contributed by atoms with E-state index < -0.39 is 0 Å². The van der Waals surface area contributed by atoms with E-state index in [9.17, 15) is 4.79 Å². The summed E-state index contributed by atoms with van der Waals surface area (Å²) in [5.74, 6) is -0.00481. The van der Waals surface area contributed by atoms with Crippen LogP contribution < -0.4 is 11.1 Å². The van der Waals surface area contributed by atoms with Crippen LogP contribution in [0, 0.1) is 0 Å². The monoisotopic (exact) mass is 186 g/mol. The molecule has 1 amide bonds. The fourth-order valence-electron chi connectivity index (χ4n) is 1.41. The number of nitrogens with one attached hydrogen (secondary N) is 1. The SMILES string of the molecule is CCC(CN)NC(=O)C1CCCO1. The average molecular weight is 186 g/mol. The second-order valence-electron chi connectivity index (χ2n) is 3.35. The second kappa shape index (κ2) is 5.19. The van der Waals surface area contributed by atoms with E-state index in [2.05, 4.69) is 5.32 Å². The fourth-order valence-corrected chi connectivity index (χ4v) is 1.41. The van der Waals surface area contributed by atoms with Crippen molar-refractivity contribution in [2.75, 3.05) is 13.2 Å². The molecule has 1 aliphatic rings. The van der Waals surface area contributed by atoms with Gasteiger partial charge in [0, 0.05) is 19.2 Å². The zero-order chi connectivity index (χ0) is 9.68. The second-order valence-corrected chi connectivity index (χ2v) is 3.35. The predicted octanol–water partition coefficient (Wildman–Crippen LogP) is 0.0189. The van der Waals surface area contributed by atoms with Gasteiger partial charge in [-0.15, -0.1) is 0 Å². The minimum Gasteiger partial charge on any atom is -0.368 e. The highest BCUT2D eigenvalue weighted by atomic mass is 16.5. The van der Waals surface area contributed by atoms with Gasteiger partial charge in [-0.2, -0.15) is 0 Å². The summed E-state index contributed by atoms with van der Waals surface area (Å²) in [6, 6.07) is 0.0942. The largest absolute Gasteiger partial charge is 0.368 e. The molecule has 4 nitrogen and oxygen atoms in total. The summed E-state index contributed by atoms with van der Waals surface area (Å²) in [5, 5.41) is 2.87. The van der Waals surface area contributed by atoms with Crippen LogP contribution in [0.4, 0.5) is 0 Å². The van der Waals surface area contributed by atoms with Crippen LogP contribution in [0.3, 0.4) is 0 Å². The van der Waals surface area contributed by atoms with Crippen LogP contribution in [0.25, 0.3) is 0 Å². The van der Waals surface area contributed by atoms with Crippen molar-refractivity contribution in [2.45, 2.75) is 38.3 Å². The lowest BCUT2D eigenvalue weighted by Crippen LogP contribution is -2.44. The molecule has 1 heterocycles. The molecule has 1 rings (SSSR count). The van der Waals surface area contributed by atoms with Gasteiger partial charge in [-0.3, -0.25) is 4.79 Å². The molecule has 0 bridgehead atoms. The van der Waals surface area contributed by atoms with E-state index >= 15 is 0 Å². The molecule has 4 heteroatoms. The first-order valence-corrected chi connectivity index (χ1v) is 4.90. The molecule has 0 aromatic rings. The first-order valence-electron chi connectivity index (χ1n) is 4.90. The van der Waals surface area contributed by atoms with Crippen molar-refractivity contribution in [1.29, 1.82) is 0 Å². The highest BCUT2D eigenvalue weighted by Crippen LogP contribution is 2.11. The van der Waals surface area contributed by atoms with Gasteiger partial charge in [0.05, 0.1) is 0 Å². The Morgan fingerprint density at radius 2 is 2.54 bits per heavy atom. The number of nitrogens with two attached hydrogens (primary N) is 1. The molecule has 0 aliphatic carbocycles. The van der Waals surface area contributed by atoms with Gasteiger partial charge in [-0.1, -0.05) is 6.92 Å². The Morgan fingerprint density at radius 1 is 1.77 bits per heavy atom. The lowest BCUT2D eigenvalue weighted by atomic mass is 10.2. The van der Waals surface area contributed by atoms with E-state index in [1.807, 2.05) is 6.92 Å². The predicted molar refractivity (Wildman–Crippen MR) is 50.3 cm³/mol. The van der Waals surface area contributed by atoms with E-state index in [-0.39, 0.29) is 18.1 Å². The number of hydrogen-bond donors (Lipinski definition) is 2. The standard InChI is InChI=1S/C9H18N2O2/c1-2-7(6-10)11-9(12)8-4-3-5-13-8/h7-8H,2-6,10H2,1H3,(H,11,12). The molecule has 0 radical (unpaired) electrons. The van der Waals surface area contributed by atoms with E-state index in [1.54, 1.807) is 0 Å². The average Bonchev–Trinajstić information content (AvgIpc) is 2.66. The quantitative estimate of drug-likeness (QED) is 0.650. The van der Waals surface area contributed by atoms with Gasteiger partial charge < -0.3 is 15.8 Å². The van der Waals surface area contributed by atoms with Gasteiger partial charge in [-0.05, 0) is 19.3 Å². The third kappa shape index (κ3) is 2.97. The van der Waals surface area contributed by atoms with Crippen molar-refractivity contribution in [2.24, 2.45) is 5.73 Å². The maximum atomic E-state index is 11.5. The molecule has 13 heavy (non-hydrogen) atoms. The molecule has 1 saturated heterocycles. The molecule has 1 fully saturated rings. The van der Waals surface area contributed by atoms with E-state index in [0.717, 1.165) is 19.3 Å². The van der Waals surface area contributed by atoms with E-state index in [4.69, 9.17) is 10.5 Å². The zero-order valence-electron chi connectivity index (χ0n) is 8.08. The normalized spacial score (nSPS) is 24.3.